The summed E-state index contributed by atoms with van der Waals surface area (Å²) in [5, 5.41) is 4.06. The number of carbonyl (C=O) groups is 1. The lowest BCUT2D eigenvalue weighted by Crippen LogP contribution is -2.33. The summed E-state index contributed by atoms with van der Waals surface area (Å²) in [6.07, 6.45) is 0.746. The first-order valence-electron chi connectivity index (χ1n) is 6.04. The van der Waals surface area contributed by atoms with Gasteiger partial charge in [0.25, 0.3) is 0 Å². The van der Waals surface area contributed by atoms with Crippen molar-refractivity contribution < 1.29 is 9.53 Å². The Morgan fingerprint density at radius 1 is 1.44 bits per heavy atom. The Morgan fingerprint density at radius 3 is 2.72 bits per heavy atom. The number of benzene rings is 1. The lowest BCUT2D eigenvalue weighted by Gasteiger charge is -2.27. The van der Waals surface area contributed by atoms with Gasteiger partial charge in [0.1, 0.15) is 6.04 Å². The highest BCUT2D eigenvalue weighted by Gasteiger charge is 2.44. The average molecular weight is 268 g/mol. The van der Waals surface area contributed by atoms with Crippen LogP contribution < -0.4 is 5.32 Å². The van der Waals surface area contributed by atoms with Gasteiger partial charge < -0.3 is 4.74 Å². The lowest BCUT2D eigenvalue weighted by molar-refractivity contribution is -0.142. The molecular formula is C14H18ClNO2. The summed E-state index contributed by atoms with van der Waals surface area (Å²) in [6, 6.07) is 7.55. The van der Waals surface area contributed by atoms with E-state index >= 15 is 0 Å². The van der Waals surface area contributed by atoms with Crippen molar-refractivity contribution in [2.75, 3.05) is 7.11 Å². The molecular weight excluding hydrogens is 250 g/mol. The van der Waals surface area contributed by atoms with Crippen molar-refractivity contribution in [3.05, 3.63) is 34.9 Å². The number of ether oxygens (including phenoxy) is 1. The number of hydrogen-bond acceptors (Lipinski definition) is 3. The van der Waals surface area contributed by atoms with Crippen molar-refractivity contribution in [3.8, 4) is 0 Å². The zero-order valence-electron chi connectivity index (χ0n) is 10.9. The van der Waals surface area contributed by atoms with E-state index in [1.54, 1.807) is 0 Å². The number of rotatable bonds is 2. The molecule has 0 spiro atoms. The van der Waals surface area contributed by atoms with Gasteiger partial charge in [0, 0.05) is 11.1 Å². The first kappa shape index (κ1) is 13.4. The smallest absolute Gasteiger partial charge is 0.322 e. The molecule has 0 unspecified atom stereocenters. The van der Waals surface area contributed by atoms with Crippen LogP contribution in [0, 0.1) is 5.41 Å². The molecule has 1 fully saturated rings. The second-order valence-electron chi connectivity index (χ2n) is 5.39. The molecule has 0 amide bonds. The molecule has 2 atom stereocenters. The first-order chi connectivity index (χ1) is 8.45. The highest BCUT2D eigenvalue weighted by atomic mass is 35.5. The van der Waals surface area contributed by atoms with E-state index in [1.807, 2.05) is 24.3 Å². The third kappa shape index (κ3) is 2.38. The SMILES string of the molecule is COC(=O)[C@@H]1CC(C)(C)[C@H](c2ccccc2Cl)N1. The van der Waals surface area contributed by atoms with E-state index in [4.69, 9.17) is 16.3 Å². The summed E-state index contributed by atoms with van der Waals surface area (Å²) in [7, 11) is 1.42. The lowest BCUT2D eigenvalue weighted by atomic mass is 9.80. The molecule has 0 aliphatic carbocycles. The van der Waals surface area contributed by atoms with Gasteiger partial charge in [0.2, 0.25) is 0 Å². The van der Waals surface area contributed by atoms with Crippen LogP contribution in [-0.2, 0) is 9.53 Å². The maximum atomic E-state index is 11.6. The Morgan fingerprint density at radius 2 is 2.11 bits per heavy atom. The molecule has 1 N–H and O–H groups in total. The molecule has 1 saturated heterocycles. The third-order valence-electron chi connectivity index (χ3n) is 3.58. The maximum absolute atomic E-state index is 11.6. The van der Waals surface area contributed by atoms with Crippen molar-refractivity contribution in [3.63, 3.8) is 0 Å². The van der Waals surface area contributed by atoms with Gasteiger partial charge in [-0.3, -0.25) is 10.1 Å². The van der Waals surface area contributed by atoms with E-state index in [1.165, 1.54) is 7.11 Å². The fourth-order valence-corrected chi connectivity index (χ4v) is 2.89. The normalized spacial score (nSPS) is 26.0. The standard InChI is InChI=1S/C14H18ClNO2/c1-14(2)8-11(13(17)18-3)16-12(14)9-6-4-5-7-10(9)15/h4-7,11-12,16H,8H2,1-3H3/t11-,12-/m0/s1. The molecule has 3 nitrogen and oxygen atoms in total. The van der Waals surface area contributed by atoms with Gasteiger partial charge in [0.05, 0.1) is 7.11 Å². The van der Waals surface area contributed by atoms with Crippen molar-refractivity contribution >= 4 is 17.6 Å². The van der Waals surface area contributed by atoms with Crippen LogP contribution in [-0.4, -0.2) is 19.1 Å². The molecule has 1 aliphatic rings. The van der Waals surface area contributed by atoms with Gasteiger partial charge >= 0.3 is 5.97 Å². The van der Waals surface area contributed by atoms with Crippen molar-refractivity contribution in [1.29, 1.82) is 0 Å². The molecule has 1 aromatic rings. The molecule has 2 rings (SSSR count). The Bertz CT molecular complexity index is 459. The predicted molar refractivity (Wildman–Crippen MR) is 71.5 cm³/mol. The summed E-state index contributed by atoms with van der Waals surface area (Å²) in [4.78, 5) is 11.6. The summed E-state index contributed by atoms with van der Waals surface area (Å²) in [5.74, 6) is -0.211. The van der Waals surface area contributed by atoms with E-state index in [-0.39, 0.29) is 23.5 Å². The minimum atomic E-state index is -0.258. The van der Waals surface area contributed by atoms with Crippen LogP contribution in [0.2, 0.25) is 5.02 Å². The van der Waals surface area contributed by atoms with Gasteiger partial charge in [0.15, 0.2) is 0 Å². The average Bonchev–Trinajstić information content (AvgIpc) is 2.65. The molecule has 18 heavy (non-hydrogen) atoms. The predicted octanol–water partition coefficient (Wildman–Crippen LogP) is 2.94. The molecule has 0 bridgehead atoms. The topological polar surface area (TPSA) is 38.3 Å². The van der Waals surface area contributed by atoms with Crippen molar-refractivity contribution in [1.82, 2.24) is 5.32 Å². The number of carbonyl (C=O) groups excluding carboxylic acids is 1. The molecule has 98 valence electrons. The van der Waals surface area contributed by atoms with Crippen LogP contribution in [0.4, 0.5) is 0 Å². The van der Waals surface area contributed by atoms with Crippen LogP contribution in [0.5, 0.6) is 0 Å². The number of halogens is 1. The second-order valence-corrected chi connectivity index (χ2v) is 5.80. The molecule has 1 aromatic carbocycles. The van der Waals surface area contributed by atoms with Gasteiger partial charge in [-0.15, -0.1) is 0 Å². The highest BCUT2D eigenvalue weighted by molar-refractivity contribution is 6.31. The summed E-state index contributed by atoms with van der Waals surface area (Å²) < 4.78 is 4.81. The molecule has 4 heteroatoms. The van der Waals surface area contributed by atoms with Crippen LogP contribution >= 0.6 is 11.6 Å². The van der Waals surface area contributed by atoms with Gasteiger partial charge in [-0.2, -0.15) is 0 Å². The monoisotopic (exact) mass is 267 g/mol. The zero-order valence-corrected chi connectivity index (χ0v) is 11.6. The largest absolute Gasteiger partial charge is 0.468 e. The third-order valence-corrected chi connectivity index (χ3v) is 3.93. The Labute approximate surface area is 112 Å². The summed E-state index contributed by atoms with van der Waals surface area (Å²) in [5.41, 5.74) is 1.000. The molecule has 1 aliphatic heterocycles. The molecule has 0 aromatic heterocycles. The van der Waals surface area contributed by atoms with Gasteiger partial charge in [-0.25, -0.2) is 0 Å². The molecule has 0 radical (unpaired) electrons. The van der Waals surface area contributed by atoms with Crippen LogP contribution in [0.15, 0.2) is 24.3 Å². The zero-order chi connectivity index (χ0) is 13.3. The van der Waals surface area contributed by atoms with Crippen LogP contribution in [0.3, 0.4) is 0 Å². The number of hydrogen-bond donors (Lipinski definition) is 1. The number of esters is 1. The fraction of sp³-hybridized carbons (Fsp3) is 0.500. The van der Waals surface area contributed by atoms with Gasteiger partial charge in [-0.05, 0) is 23.5 Å². The minimum Gasteiger partial charge on any atom is -0.468 e. The van der Waals surface area contributed by atoms with E-state index < -0.39 is 0 Å². The van der Waals surface area contributed by atoms with Crippen LogP contribution in [0.25, 0.3) is 0 Å². The highest BCUT2D eigenvalue weighted by Crippen LogP contribution is 2.45. The van der Waals surface area contributed by atoms with Crippen molar-refractivity contribution in [2.45, 2.75) is 32.4 Å². The van der Waals surface area contributed by atoms with Crippen molar-refractivity contribution in [2.24, 2.45) is 5.41 Å². The first-order valence-corrected chi connectivity index (χ1v) is 6.42. The van der Waals surface area contributed by atoms with E-state index in [0.29, 0.717) is 0 Å². The number of methoxy groups -OCH3 is 1. The minimum absolute atomic E-state index is 0.0378. The number of nitrogens with one attached hydrogen (secondary N) is 1. The summed E-state index contributed by atoms with van der Waals surface area (Å²) >= 11 is 6.24. The molecule has 1 heterocycles. The summed E-state index contributed by atoms with van der Waals surface area (Å²) in [6.45, 7) is 4.27. The van der Waals surface area contributed by atoms with E-state index in [0.717, 1.165) is 17.0 Å². The maximum Gasteiger partial charge on any atom is 0.322 e. The fourth-order valence-electron chi connectivity index (χ4n) is 2.64. The van der Waals surface area contributed by atoms with Gasteiger partial charge in [-0.1, -0.05) is 43.6 Å². The second kappa shape index (κ2) is 4.90. The Kier molecular flexibility index (Phi) is 3.64. The Hall–Kier alpha value is -1.06. The van der Waals surface area contributed by atoms with E-state index in [9.17, 15) is 4.79 Å². The van der Waals surface area contributed by atoms with E-state index in [2.05, 4.69) is 19.2 Å². The van der Waals surface area contributed by atoms with Crippen LogP contribution in [0.1, 0.15) is 31.9 Å². The molecule has 0 saturated carbocycles. The Balaban J connectivity index is 2.29. The quantitative estimate of drug-likeness (QED) is 0.838.